The smallest absolute Gasteiger partial charge is 0.379 e. The summed E-state index contributed by atoms with van der Waals surface area (Å²) in [6, 6.07) is 6.56. The van der Waals surface area contributed by atoms with E-state index in [0.29, 0.717) is 0 Å². The standard InChI is InChI=1S/C11H16N2.C3H10O3Si/c1-7(12)11(13)10-5-3-8-2-4-9(10)6-8;1-4-7(5-2)6-3/h3,5-7,11H,2,4,12-13H2,1H3;7H,1-3H3. The number of hydrogen-bond donors (Lipinski definition) is 2. The molecule has 0 aliphatic heterocycles. The van der Waals surface area contributed by atoms with Crippen LogP contribution in [0.5, 0.6) is 0 Å². The summed E-state index contributed by atoms with van der Waals surface area (Å²) in [6.07, 6.45) is 2.30. The van der Waals surface area contributed by atoms with Crippen LogP contribution in [0.25, 0.3) is 0 Å². The summed E-state index contributed by atoms with van der Waals surface area (Å²) in [5.74, 6) is 0. The summed E-state index contributed by atoms with van der Waals surface area (Å²) in [7, 11) is 3.05. The fourth-order valence-corrected chi connectivity index (χ4v) is 2.78. The van der Waals surface area contributed by atoms with E-state index >= 15 is 0 Å². The molecular formula is C14H26N2O3Si. The van der Waals surface area contributed by atoms with Crippen molar-refractivity contribution in [3.05, 3.63) is 34.9 Å². The zero-order valence-electron chi connectivity index (χ0n) is 12.8. The Morgan fingerprint density at radius 2 is 1.65 bits per heavy atom. The van der Waals surface area contributed by atoms with Gasteiger partial charge in [0.15, 0.2) is 0 Å². The number of nitrogens with two attached hydrogens (primary N) is 2. The first kappa shape index (κ1) is 17.3. The lowest BCUT2D eigenvalue weighted by Crippen LogP contribution is -2.31. The molecule has 0 radical (unpaired) electrons. The molecule has 2 unspecified atom stereocenters. The fourth-order valence-electron chi connectivity index (χ4n) is 2.21. The summed E-state index contributed by atoms with van der Waals surface area (Å²) >= 11 is 0. The number of rotatable bonds is 5. The van der Waals surface area contributed by atoms with Gasteiger partial charge in [0, 0.05) is 33.4 Å². The molecule has 1 aromatic carbocycles. The minimum Gasteiger partial charge on any atom is -0.379 e. The lowest BCUT2D eigenvalue weighted by molar-refractivity contribution is 0.163. The van der Waals surface area contributed by atoms with Crippen molar-refractivity contribution >= 4 is 9.53 Å². The molecule has 4 N–H and O–H groups in total. The Morgan fingerprint density at radius 3 is 2.10 bits per heavy atom. The minimum absolute atomic E-state index is 0.0119. The molecule has 1 aliphatic carbocycles. The molecule has 20 heavy (non-hydrogen) atoms. The van der Waals surface area contributed by atoms with Gasteiger partial charge in [-0.3, -0.25) is 0 Å². The van der Waals surface area contributed by atoms with E-state index in [0.717, 1.165) is 6.42 Å². The zero-order chi connectivity index (χ0) is 15.1. The molecule has 0 heterocycles. The monoisotopic (exact) mass is 298 g/mol. The molecule has 0 spiro atoms. The van der Waals surface area contributed by atoms with E-state index in [1.807, 2.05) is 6.92 Å². The van der Waals surface area contributed by atoms with E-state index in [1.165, 1.54) is 23.1 Å². The van der Waals surface area contributed by atoms with Crippen LogP contribution in [0.1, 0.15) is 29.7 Å². The summed E-state index contributed by atoms with van der Waals surface area (Å²) < 4.78 is 14.2. The lowest BCUT2D eigenvalue weighted by Gasteiger charge is -2.17. The van der Waals surface area contributed by atoms with Gasteiger partial charge in [-0.2, -0.15) is 0 Å². The van der Waals surface area contributed by atoms with Crippen molar-refractivity contribution in [2.24, 2.45) is 11.5 Å². The van der Waals surface area contributed by atoms with E-state index in [-0.39, 0.29) is 12.1 Å². The Morgan fingerprint density at radius 1 is 1.05 bits per heavy atom. The van der Waals surface area contributed by atoms with Crippen LogP contribution in [0, 0.1) is 0 Å². The number of aryl methyl sites for hydroxylation is 2. The van der Waals surface area contributed by atoms with Gasteiger partial charge in [-0.25, -0.2) is 0 Å². The third-order valence-electron chi connectivity index (χ3n) is 3.39. The summed E-state index contributed by atoms with van der Waals surface area (Å²) in [5.41, 5.74) is 15.8. The van der Waals surface area contributed by atoms with Crippen LogP contribution < -0.4 is 11.5 Å². The highest BCUT2D eigenvalue weighted by Gasteiger charge is 2.18. The van der Waals surface area contributed by atoms with Gasteiger partial charge in [0.05, 0.1) is 0 Å². The molecule has 114 valence electrons. The summed E-state index contributed by atoms with van der Waals surface area (Å²) in [6.45, 7) is 1.96. The molecule has 0 saturated heterocycles. The van der Waals surface area contributed by atoms with Gasteiger partial charge < -0.3 is 24.7 Å². The Hall–Kier alpha value is -0.763. The number of benzene rings is 1. The Labute approximate surface area is 123 Å². The van der Waals surface area contributed by atoms with E-state index in [4.69, 9.17) is 24.7 Å². The SMILES string of the molecule is CC(N)C(N)c1ccc2cc1CC2.CO[SiH](OC)OC. The van der Waals surface area contributed by atoms with Crippen LogP contribution in [0.2, 0.25) is 0 Å². The van der Waals surface area contributed by atoms with Gasteiger partial charge in [-0.1, -0.05) is 18.2 Å². The van der Waals surface area contributed by atoms with Crippen molar-refractivity contribution in [2.45, 2.75) is 31.8 Å². The average Bonchev–Trinajstić information content (AvgIpc) is 2.82. The van der Waals surface area contributed by atoms with Gasteiger partial charge in [-0.15, -0.1) is 0 Å². The molecule has 0 aromatic heterocycles. The maximum Gasteiger partial charge on any atom is 0.483 e. The quantitative estimate of drug-likeness (QED) is 0.785. The topological polar surface area (TPSA) is 79.7 Å². The van der Waals surface area contributed by atoms with Crippen LogP contribution in [-0.4, -0.2) is 36.9 Å². The predicted octanol–water partition coefficient (Wildman–Crippen LogP) is 0.775. The van der Waals surface area contributed by atoms with Crippen LogP contribution >= 0.6 is 0 Å². The molecular weight excluding hydrogens is 272 g/mol. The molecule has 2 bridgehead atoms. The molecule has 6 heteroatoms. The second kappa shape index (κ2) is 8.51. The molecule has 5 nitrogen and oxygen atoms in total. The first-order valence-corrected chi connectivity index (χ1v) is 8.16. The summed E-state index contributed by atoms with van der Waals surface area (Å²) in [5, 5.41) is 0. The van der Waals surface area contributed by atoms with Crippen molar-refractivity contribution in [3.63, 3.8) is 0 Å². The summed E-state index contributed by atoms with van der Waals surface area (Å²) in [4.78, 5) is 0. The fraction of sp³-hybridized carbons (Fsp3) is 0.571. The first-order chi connectivity index (χ1) is 9.53. The molecule has 0 fully saturated rings. The van der Waals surface area contributed by atoms with Crippen LogP contribution in [0.4, 0.5) is 0 Å². The van der Waals surface area contributed by atoms with Gasteiger partial charge in [0.25, 0.3) is 0 Å². The van der Waals surface area contributed by atoms with E-state index in [9.17, 15) is 0 Å². The molecule has 2 atom stereocenters. The Bertz CT molecular complexity index is 406. The van der Waals surface area contributed by atoms with Gasteiger partial charge >= 0.3 is 9.53 Å². The molecule has 0 saturated carbocycles. The highest BCUT2D eigenvalue weighted by Crippen LogP contribution is 2.26. The zero-order valence-corrected chi connectivity index (χ0v) is 13.9. The molecule has 2 rings (SSSR count). The van der Waals surface area contributed by atoms with E-state index in [2.05, 4.69) is 18.2 Å². The van der Waals surface area contributed by atoms with Crippen LogP contribution in [0.3, 0.4) is 0 Å². The van der Waals surface area contributed by atoms with Crippen molar-refractivity contribution in [2.75, 3.05) is 21.3 Å². The van der Waals surface area contributed by atoms with E-state index in [1.54, 1.807) is 21.3 Å². The molecule has 1 aliphatic rings. The Balaban J connectivity index is 0.000000246. The third-order valence-corrected chi connectivity index (χ3v) is 4.55. The largest absolute Gasteiger partial charge is 0.483 e. The second-order valence-corrected chi connectivity index (χ2v) is 6.91. The average molecular weight is 298 g/mol. The highest BCUT2D eigenvalue weighted by molar-refractivity contribution is 6.36. The second-order valence-electron chi connectivity index (χ2n) is 4.91. The molecule has 0 amide bonds. The van der Waals surface area contributed by atoms with Gasteiger partial charge in [0.1, 0.15) is 0 Å². The van der Waals surface area contributed by atoms with Gasteiger partial charge in [-0.05, 0) is 36.5 Å². The number of hydrogen-bond acceptors (Lipinski definition) is 5. The minimum atomic E-state index is -1.67. The third kappa shape index (κ3) is 4.66. The van der Waals surface area contributed by atoms with E-state index < -0.39 is 9.53 Å². The lowest BCUT2D eigenvalue weighted by atomic mass is 9.97. The van der Waals surface area contributed by atoms with Crippen molar-refractivity contribution in [3.8, 4) is 0 Å². The normalized spacial score (nSPS) is 15.8. The van der Waals surface area contributed by atoms with Crippen LogP contribution in [0.15, 0.2) is 18.2 Å². The number of fused-ring (bicyclic) bond motifs is 2. The predicted molar refractivity (Wildman–Crippen MR) is 82.6 cm³/mol. The first-order valence-electron chi connectivity index (χ1n) is 6.74. The van der Waals surface area contributed by atoms with Gasteiger partial charge in [0.2, 0.25) is 0 Å². The van der Waals surface area contributed by atoms with Crippen molar-refractivity contribution in [1.82, 2.24) is 0 Å². The maximum atomic E-state index is 6.01. The van der Waals surface area contributed by atoms with Crippen molar-refractivity contribution < 1.29 is 13.3 Å². The molecule has 1 aromatic rings. The maximum absolute atomic E-state index is 6.01. The van der Waals surface area contributed by atoms with Crippen molar-refractivity contribution in [1.29, 1.82) is 0 Å². The highest BCUT2D eigenvalue weighted by atomic mass is 28.3. The van der Waals surface area contributed by atoms with Crippen LogP contribution in [-0.2, 0) is 26.1 Å². The Kier molecular flexibility index (Phi) is 7.35.